The Morgan fingerprint density at radius 1 is 0.535 bits per heavy atom. The van der Waals surface area contributed by atoms with Crippen molar-refractivity contribution in [2.24, 2.45) is 0 Å². The summed E-state index contributed by atoms with van der Waals surface area (Å²) in [5.74, 6) is 0. The third kappa shape index (κ3) is 7.56. The molecule has 0 bridgehead atoms. The molecule has 0 saturated carbocycles. The first-order chi connectivity index (χ1) is 21.2. The molecule has 0 aliphatic heterocycles. The Balaban J connectivity index is 1.31. The molecule has 4 heteroatoms. The fourth-order valence-corrected chi connectivity index (χ4v) is 8.35. The lowest BCUT2D eigenvalue weighted by molar-refractivity contribution is 0.642. The first-order valence-electron chi connectivity index (χ1n) is 14.8. The first-order valence-corrected chi connectivity index (χ1v) is 16.7. The number of hydrogen-bond acceptors (Lipinski definition) is 1. The zero-order valence-electron chi connectivity index (χ0n) is 24.0. The third-order valence-corrected chi connectivity index (χ3v) is 10.6. The highest BCUT2D eigenvalue weighted by Gasteiger charge is 2.22. The first kappa shape index (κ1) is 28.8. The molecule has 0 spiro atoms. The molecule has 0 aliphatic rings. The normalized spacial score (nSPS) is 11.9. The van der Waals surface area contributed by atoms with Crippen molar-refractivity contribution < 1.29 is 0 Å². The van der Waals surface area contributed by atoms with Gasteiger partial charge in [0.15, 0.2) is 5.11 Å². The van der Waals surface area contributed by atoms with Gasteiger partial charge in [-0.25, -0.2) is 0 Å². The standard InChI is InChI=1S/C39H35N2PS/c43-39(41-38(32-16-5-1-6-17-32)33-18-7-2-8-19-33)40-35(28-30-25-26-31-15-13-14-20-34(31)27-30)29-42(36-21-9-3-10-22-36)37-23-11-4-12-24-37/h1-27,35,38H,28-29H2,(H2,40,41,43)/t35-/m0/s1. The molecule has 2 N–H and O–H groups in total. The molecule has 1 atom stereocenters. The molecule has 0 aromatic heterocycles. The summed E-state index contributed by atoms with van der Waals surface area (Å²) in [4.78, 5) is 0. The Morgan fingerprint density at radius 2 is 1.02 bits per heavy atom. The summed E-state index contributed by atoms with van der Waals surface area (Å²) in [7, 11) is -0.610. The average Bonchev–Trinajstić information content (AvgIpc) is 3.07. The van der Waals surface area contributed by atoms with Gasteiger partial charge in [-0.05, 0) is 70.8 Å². The van der Waals surface area contributed by atoms with Crippen LogP contribution in [0.25, 0.3) is 10.8 Å². The van der Waals surface area contributed by atoms with Crippen LogP contribution in [0.3, 0.4) is 0 Å². The molecule has 0 amide bonds. The number of benzene rings is 6. The monoisotopic (exact) mass is 594 g/mol. The van der Waals surface area contributed by atoms with E-state index in [1.54, 1.807) is 0 Å². The molecular weight excluding hydrogens is 559 g/mol. The van der Waals surface area contributed by atoms with Crippen LogP contribution in [0.1, 0.15) is 22.7 Å². The van der Waals surface area contributed by atoms with Gasteiger partial charge in [-0.3, -0.25) is 0 Å². The third-order valence-electron chi connectivity index (χ3n) is 7.71. The largest absolute Gasteiger partial charge is 0.359 e. The lowest BCUT2D eigenvalue weighted by Gasteiger charge is -2.29. The molecule has 0 heterocycles. The van der Waals surface area contributed by atoms with Gasteiger partial charge in [0.1, 0.15) is 0 Å². The SMILES string of the molecule is S=C(NC(c1ccccc1)c1ccccc1)N[C@@H](Cc1ccc2ccccc2c1)CP(c1ccccc1)c1ccccc1. The van der Waals surface area contributed by atoms with Crippen molar-refractivity contribution in [2.75, 3.05) is 6.16 Å². The summed E-state index contributed by atoms with van der Waals surface area (Å²) < 4.78 is 0. The van der Waals surface area contributed by atoms with Crippen LogP contribution in [0.15, 0.2) is 164 Å². The highest BCUT2D eigenvalue weighted by atomic mass is 32.1. The van der Waals surface area contributed by atoms with E-state index in [1.165, 1.54) is 38.1 Å². The van der Waals surface area contributed by atoms with Gasteiger partial charge < -0.3 is 10.6 Å². The average molecular weight is 595 g/mol. The zero-order valence-corrected chi connectivity index (χ0v) is 25.7. The molecule has 43 heavy (non-hydrogen) atoms. The van der Waals surface area contributed by atoms with Gasteiger partial charge in [-0.1, -0.05) is 164 Å². The van der Waals surface area contributed by atoms with Crippen LogP contribution >= 0.6 is 20.1 Å². The van der Waals surface area contributed by atoms with Crippen LogP contribution in [-0.2, 0) is 6.42 Å². The van der Waals surface area contributed by atoms with E-state index in [9.17, 15) is 0 Å². The minimum Gasteiger partial charge on any atom is -0.359 e. The van der Waals surface area contributed by atoms with Crippen molar-refractivity contribution in [3.05, 3.63) is 180 Å². The molecule has 0 aliphatic carbocycles. The van der Waals surface area contributed by atoms with E-state index in [0.717, 1.165) is 12.6 Å². The molecule has 0 fully saturated rings. The van der Waals surface area contributed by atoms with Crippen molar-refractivity contribution in [1.29, 1.82) is 0 Å². The number of hydrogen-bond donors (Lipinski definition) is 2. The maximum atomic E-state index is 6.07. The van der Waals surface area contributed by atoms with Crippen LogP contribution in [0.5, 0.6) is 0 Å². The van der Waals surface area contributed by atoms with Crippen molar-refractivity contribution >= 4 is 46.6 Å². The van der Waals surface area contributed by atoms with Gasteiger partial charge >= 0.3 is 0 Å². The second-order valence-corrected chi connectivity index (χ2v) is 13.4. The Hall–Kier alpha value is -4.30. The summed E-state index contributed by atoms with van der Waals surface area (Å²) in [6.45, 7) is 0. The van der Waals surface area contributed by atoms with E-state index in [1.807, 2.05) is 0 Å². The Bertz CT molecular complexity index is 1670. The quantitative estimate of drug-likeness (QED) is 0.124. The van der Waals surface area contributed by atoms with Crippen LogP contribution in [0.2, 0.25) is 0 Å². The van der Waals surface area contributed by atoms with E-state index < -0.39 is 7.92 Å². The van der Waals surface area contributed by atoms with Crippen LogP contribution in [0, 0.1) is 0 Å². The zero-order chi connectivity index (χ0) is 29.3. The minimum absolute atomic E-state index is 0.0477. The van der Waals surface area contributed by atoms with Gasteiger partial charge in [0.25, 0.3) is 0 Å². The lowest BCUT2D eigenvalue weighted by atomic mass is 9.99. The maximum Gasteiger partial charge on any atom is 0.167 e. The number of fused-ring (bicyclic) bond motifs is 1. The van der Waals surface area contributed by atoms with Gasteiger partial charge in [0.05, 0.1) is 6.04 Å². The fraction of sp³-hybridized carbons (Fsp3) is 0.103. The highest BCUT2D eigenvalue weighted by molar-refractivity contribution is 7.80. The van der Waals surface area contributed by atoms with Crippen molar-refractivity contribution in [3.8, 4) is 0 Å². The smallest absolute Gasteiger partial charge is 0.167 e. The van der Waals surface area contributed by atoms with Crippen molar-refractivity contribution in [2.45, 2.75) is 18.5 Å². The summed E-state index contributed by atoms with van der Waals surface area (Å²) in [6, 6.07) is 58.4. The second-order valence-electron chi connectivity index (χ2n) is 10.7. The van der Waals surface area contributed by atoms with Gasteiger partial charge in [-0.15, -0.1) is 0 Å². The number of thiocarbonyl (C=S) groups is 1. The second kappa shape index (κ2) is 14.2. The molecule has 6 aromatic rings. The van der Waals surface area contributed by atoms with Gasteiger partial charge in [-0.2, -0.15) is 0 Å². The van der Waals surface area contributed by atoms with Crippen LogP contribution in [0.4, 0.5) is 0 Å². The van der Waals surface area contributed by atoms with Crippen LogP contribution in [-0.4, -0.2) is 17.3 Å². The van der Waals surface area contributed by atoms with Crippen LogP contribution < -0.4 is 21.2 Å². The Labute approximate surface area is 261 Å². The van der Waals surface area contributed by atoms with Crippen molar-refractivity contribution in [3.63, 3.8) is 0 Å². The number of nitrogens with one attached hydrogen (secondary N) is 2. The van der Waals surface area contributed by atoms with E-state index in [0.29, 0.717) is 5.11 Å². The summed E-state index contributed by atoms with van der Waals surface area (Å²) in [6.07, 6.45) is 1.83. The van der Waals surface area contributed by atoms with E-state index >= 15 is 0 Å². The van der Waals surface area contributed by atoms with E-state index in [2.05, 4.69) is 174 Å². The molecule has 0 radical (unpaired) electrons. The summed E-state index contributed by atoms with van der Waals surface area (Å²) >= 11 is 6.07. The number of rotatable bonds is 10. The maximum absolute atomic E-state index is 6.07. The van der Waals surface area contributed by atoms with E-state index in [-0.39, 0.29) is 12.1 Å². The minimum atomic E-state index is -0.610. The predicted molar refractivity (Wildman–Crippen MR) is 189 cm³/mol. The molecule has 0 saturated heterocycles. The molecular formula is C39H35N2PS. The topological polar surface area (TPSA) is 24.1 Å². The summed E-state index contributed by atoms with van der Waals surface area (Å²) in [5.41, 5.74) is 3.66. The molecule has 6 rings (SSSR count). The Morgan fingerprint density at radius 3 is 1.58 bits per heavy atom. The molecule has 0 unspecified atom stereocenters. The predicted octanol–water partition coefficient (Wildman–Crippen LogP) is 8.14. The summed E-state index contributed by atoms with van der Waals surface area (Å²) in [5, 5.41) is 13.4. The van der Waals surface area contributed by atoms with Gasteiger partial charge in [0.2, 0.25) is 0 Å². The molecule has 212 valence electrons. The fourth-order valence-electron chi connectivity index (χ4n) is 5.62. The Kier molecular flexibility index (Phi) is 9.54. The van der Waals surface area contributed by atoms with E-state index in [4.69, 9.17) is 12.2 Å². The highest BCUT2D eigenvalue weighted by Crippen LogP contribution is 2.35. The lowest BCUT2D eigenvalue weighted by Crippen LogP contribution is -2.46. The van der Waals surface area contributed by atoms with Crippen molar-refractivity contribution in [1.82, 2.24) is 10.6 Å². The van der Waals surface area contributed by atoms with Gasteiger partial charge in [0, 0.05) is 6.04 Å². The molecule has 6 aromatic carbocycles. The molecule has 2 nitrogen and oxygen atoms in total.